The smallest absolute Gasteiger partial charge is 0.119 e. The van der Waals surface area contributed by atoms with Gasteiger partial charge in [0.2, 0.25) is 0 Å². The van der Waals surface area contributed by atoms with Crippen molar-refractivity contribution in [2.75, 3.05) is 19.7 Å². The number of aryl methyl sites for hydroxylation is 1. The van der Waals surface area contributed by atoms with E-state index in [0.717, 1.165) is 24.3 Å². The predicted molar refractivity (Wildman–Crippen MR) is 83.6 cm³/mol. The predicted octanol–water partition coefficient (Wildman–Crippen LogP) is 2.63. The highest BCUT2D eigenvalue weighted by atomic mass is 32.1. The third kappa shape index (κ3) is 5.33. The van der Waals surface area contributed by atoms with Crippen LogP contribution < -0.4 is 10.1 Å². The molecular weight excluding hydrogens is 270 g/mol. The highest BCUT2D eigenvalue weighted by Gasteiger charge is 2.05. The Labute approximate surface area is 124 Å². The third-order valence-electron chi connectivity index (χ3n) is 2.98. The van der Waals surface area contributed by atoms with Crippen LogP contribution in [0.5, 0.6) is 5.75 Å². The van der Waals surface area contributed by atoms with Crippen LogP contribution in [0.1, 0.15) is 11.1 Å². The number of benzene rings is 1. The molecule has 0 saturated heterocycles. The van der Waals surface area contributed by atoms with Gasteiger partial charge in [0.05, 0.1) is 0 Å². The van der Waals surface area contributed by atoms with Gasteiger partial charge < -0.3 is 15.2 Å². The maximum Gasteiger partial charge on any atom is 0.119 e. The van der Waals surface area contributed by atoms with E-state index in [0.29, 0.717) is 13.2 Å². The summed E-state index contributed by atoms with van der Waals surface area (Å²) in [5.41, 5.74) is 2.50. The monoisotopic (exact) mass is 291 g/mol. The molecule has 4 heteroatoms. The zero-order valence-corrected chi connectivity index (χ0v) is 12.5. The molecule has 1 aromatic heterocycles. The first-order chi connectivity index (χ1) is 9.74. The average molecular weight is 291 g/mol. The minimum absolute atomic E-state index is 0.314. The normalized spacial score (nSPS) is 12.3. The summed E-state index contributed by atoms with van der Waals surface area (Å²) >= 11 is 1.71. The zero-order chi connectivity index (χ0) is 14.2. The fraction of sp³-hybridized carbons (Fsp3) is 0.375. The lowest BCUT2D eigenvalue weighted by Crippen LogP contribution is -2.32. The van der Waals surface area contributed by atoms with Gasteiger partial charge in [-0.05, 0) is 60.0 Å². The maximum absolute atomic E-state index is 9.85. The summed E-state index contributed by atoms with van der Waals surface area (Å²) in [5, 5.41) is 17.3. The quantitative estimate of drug-likeness (QED) is 0.735. The van der Waals surface area contributed by atoms with Crippen molar-refractivity contribution in [1.29, 1.82) is 0 Å². The highest BCUT2D eigenvalue weighted by molar-refractivity contribution is 7.07. The van der Waals surface area contributed by atoms with Gasteiger partial charge in [-0.1, -0.05) is 12.1 Å². The Balaban J connectivity index is 1.59. The van der Waals surface area contributed by atoms with Crippen molar-refractivity contribution in [2.45, 2.75) is 19.4 Å². The molecule has 0 amide bonds. The average Bonchev–Trinajstić information content (AvgIpc) is 2.95. The van der Waals surface area contributed by atoms with Crippen LogP contribution in [0.25, 0.3) is 0 Å². The second-order valence-corrected chi connectivity index (χ2v) is 5.65. The first-order valence-corrected chi connectivity index (χ1v) is 7.77. The lowest BCUT2D eigenvalue weighted by molar-refractivity contribution is 0.106. The second-order valence-electron chi connectivity index (χ2n) is 4.87. The van der Waals surface area contributed by atoms with Crippen molar-refractivity contribution in [3.8, 4) is 5.75 Å². The number of thiophene rings is 1. The van der Waals surface area contributed by atoms with Crippen molar-refractivity contribution >= 4 is 11.3 Å². The first kappa shape index (κ1) is 15.0. The molecule has 2 aromatic rings. The molecule has 0 radical (unpaired) electrons. The lowest BCUT2D eigenvalue weighted by atomic mass is 10.2. The van der Waals surface area contributed by atoms with Crippen LogP contribution in [0.3, 0.4) is 0 Å². The van der Waals surface area contributed by atoms with Crippen molar-refractivity contribution in [3.05, 3.63) is 52.2 Å². The fourth-order valence-electron chi connectivity index (χ4n) is 1.89. The number of aliphatic hydroxyl groups is 1. The van der Waals surface area contributed by atoms with E-state index in [-0.39, 0.29) is 0 Å². The number of aliphatic hydroxyl groups excluding tert-OH is 1. The standard InChI is InChI=1S/C16H21NO2S/c1-13-3-2-4-16(9-13)19-11-15(18)10-17-7-5-14-6-8-20-12-14/h2-4,6,8-9,12,15,17-18H,5,7,10-11H2,1H3. The molecule has 0 aliphatic heterocycles. The molecule has 0 bridgehead atoms. The van der Waals surface area contributed by atoms with E-state index in [1.54, 1.807) is 11.3 Å². The second kappa shape index (κ2) is 8.04. The molecule has 108 valence electrons. The van der Waals surface area contributed by atoms with E-state index in [9.17, 15) is 5.11 Å². The minimum Gasteiger partial charge on any atom is -0.491 e. The van der Waals surface area contributed by atoms with Gasteiger partial charge in [-0.2, -0.15) is 11.3 Å². The molecule has 0 aliphatic rings. The molecule has 0 fully saturated rings. The summed E-state index contributed by atoms with van der Waals surface area (Å²) < 4.78 is 5.56. The van der Waals surface area contributed by atoms with Crippen LogP contribution in [-0.4, -0.2) is 30.9 Å². The van der Waals surface area contributed by atoms with Gasteiger partial charge in [0.25, 0.3) is 0 Å². The molecule has 1 aromatic carbocycles. The highest BCUT2D eigenvalue weighted by Crippen LogP contribution is 2.12. The maximum atomic E-state index is 9.85. The molecule has 3 nitrogen and oxygen atoms in total. The molecule has 0 aliphatic carbocycles. The molecule has 1 heterocycles. The number of ether oxygens (including phenoxy) is 1. The van der Waals surface area contributed by atoms with Crippen LogP contribution in [-0.2, 0) is 6.42 Å². The van der Waals surface area contributed by atoms with E-state index in [1.807, 2.05) is 31.2 Å². The van der Waals surface area contributed by atoms with E-state index in [1.165, 1.54) is 5.56 Å². The van der Waals surface area contributed by atoms with E-state index < -0.39 is 6.10 Å². The van der Waals surface area contributed by atoms with Gasteiger partial charge in [-0.3, -0.25) is 0 Å². The van der Waals surface area contributed by atoms with Gasteiger partial charge in [-0.25, -0.2) is 0 Å². The summed E-state index contributed by atoms with van der Waals surface area (Å²) in [6.07, 6.45) is 0.507. The van der Waals surface area contributed by atoms with E-state index >= 15 is 0 Å². The van der Waals surface area contributed by atoms with E-state index in [4.69, 9.17) is 4.74 Å². The Morgan fingerprint density at radius 1 is 1.35 bits per heavy atom. The SMILES string of the molecule is Cc1cccc(OCC(O)CNCCc2ccsc2)c1. The fourth-order valence-corrected chi connectivity index (χ4v) is 2.60. The molecule has 20 heavy (non-hydrogen) atoms. The summed E-state index contributed by atoms with van der Waals surface area (Å²) in [4.78, 5) is 0. The number of hydrogen-bond donors (Lipinski definition) is 2. The van der Waals surface area contributed by atoms with Crippen LogP contribution in [0, 0.1) is 6.92 Å². The Kier molecular flexibility index (Phi) is 6.05. The third-order valence-corrected chi connectivity index (χ3v) is 3.71. The minimum atomic E-state index is -0.488. The molecule has 2 N–H and O–H groups in total. The van der Waals surface area contributed by atoms with Gasteiger partial charge in [0, 0.05) is 6.54 Å². The Hall–Kier alpha value is -1.36. The Morgan fingerprint density at radius 3 is 3.00 bits per heavy atom. The summed E-state index contributed by atoms with van der Waals surface area (Å²) in [7, 11) is 0. The molecule has 0 spiro atoms. The van der Waals surface area contributed by atoms with Gasteiger partial charge in [-0.15, -0.1) is 0 Å². The van der Waals surface area contributed by atoms with Crippen LogP contribution in [0.2, 0.25) is 0 Å². The lowest BCUT2D eigenvalue weighted by Gasteiger charge is -2.13. The van der Waals surface area contributed by atoms with Crippen molar-refractivity contribution in [1.82, 2.24) is 5.32 Å². The topological polar surface area (TPSA) is 41.5 Å². The summed E-state index contributed by atoms with van der Waals surface area (Å²) in [6, 6.07) is 9.98. The van der Waals surface area contributed by atoms with Crippen molar-refractivity contribution < 1.29 is 9.84 Å². The summed E-state index contributed by atoms with van der Waals surface area (Å²) in [6.45, 7) is 3.76. The largest absolute Gasteiger partial charge is 0.491 e. The van der Waals surface area contributed by atoms with Crippen LogP contribution in [0.4, 0.5) is 0 Å². The zero-order valence-electron chi connectivity index (χ0n) is 11.7. The molecule has 0 saturated carbocycles. The first-order valence-electron chi connectivity index (χ1n) is 6.83. The summed E-state index contributed by atoms with van der Waals surface area (Å²) in [5.74, 6) is 0.808. The molecule has 1 atom stereocenters. The van der Waals surface area contributed by atoms with Crippen molar-refractivity contribution in [3.63, 3.8) is 0 Å². The van der Waals surface area contributed by atoms with E-state index in [2.05, 4.69) is 22.1 Å². The van der Waals surface area contributed by atoms with Crippen molar-refractivity contribution in [2.24, 2.45) is 0 Å². The van der Waals surface area contributed by atoms with Crippen LogP contribution >= 0.6 is 11.3 Å². The number of nitrogens with one attached hydrogen (secondary N) is 1. The molecule has 1 unspecified atom stereocenters. The van der Waals surface area contributed by atoms with Gasteiger partial charge in [0.15, 0.2) is 0 Å². The number of hydrogen-bond acceptors (Lipinski definition) is 4. The molecular formula is C16H21NO2S. The van der Waals surface area contributed by atoms with Gasteiger partial charge in [0.1, 0.15) is 18.5 Å². The van der Waals surface area contributed by atoms with Crippen LogP contribution in [0.15, 0.2) is 41.1 Å². The Morgan fingerprint density at radius 2 is 2.25 bits per heavy atom. The molecule has 2 rings (SSSR count). The van der Waals surface area contributed by atoms with Gasteiger partial charge >= 0.3 is 0 Å². The number of rotatable bonds is 8. The Bertz CT molecular complexity index is 499.